The third-order valence-corrected chi connectivity index (χ3v) is 1.90. The highest BCUT2D eigenvalue weighted by molar-refractivity contribution is 7.73. The summed E-state index contributed by atoms with van der Waals surface area (Å²) >= 11 is 0. The van der Waals surface area contributed by atoms with E-state index < -0.39 is 10.9 Å². The molecule has 0 saturated carbocycles. The second-order valence-corrected chi connectivity index (χ2v) is 3.18. The summed E-state index contributed by atoms with van der Waals surface area (Å²) < 4.78 is 22.9. The van der Waals surface area contributed by atoms with Crippen molar-refractivity contribution in [1.82, 2.24) is 0 Å². The van der Waals surface area contributed by atoms with E-state index in [0.29, 0.717) is 11.4 Å². The van der Waals surface area contributed by atoms with E-state index in [2.05, 4.69) is 4.72 Å². The van der Waals surface area contributed by atoms with Crippen LogP contribution in [0.1, 0.15) is 5.56 Å². The Bertz CT molecular complexity index is 352. The minimum Gasteiger partial charge on any atom is -0.399 e. The summed E-state index contributed by atoms with van der Waals surface area (Å²) in [5, 5.41) is 0. The predicted octanol–water partition coefficient (Wildman–Crippen LogP) is 0.516. The summed E-state index contributed by atoms with van der Waals surface area (Å²) in [7, 11) is -2.61. The van der Waals surface area contributed by atoms with Crippen LogP contribution in [0.3, 0.4) is 0 Å². The van der Waals surface area contributed by atoms with Crippen LogP contribution in [0.2, 0.25) is 0 Å². The van der Waals surface area contributed by atoms with Gasteiger partial charge in [0, 0.05) is 5.69 Å². The third-order valence-electron chi connectivity index (χ3n) is 1.47. The van der Waals surface area contributed by atoms with Gasteiger partial charge in [0.15, 0.2) is 0 Å². The molecule has 0 aliphatic rings. The Hall–Kier alpha value is -1.23. The standard InChI is InChI=1S/C7H10N2O2S/c1-5-2-3-6(8)4-7(5)9-12(10)11/h2-4,12H,8H2,1H3,(H,9,10,11). The molecule has 0 heterocycles. The minimum atomic E-state index is -2.61. The second-order valence-electron chi connectivity index (χ2n) is 2.44. The Morgan fingerprint density at radius 2 is 2.08 bits per heavy atom. The Balaban J connectivity index is 3.05. The summed E-state index contributed by atoms with van der Waals surface area (Å²) in [5.41, 5.74) is 7.39. The first kappa shape index (κ1) is 8.86. The van der Waals surface area contributed by atoms with Crippen molar-refractivity contribution in [2.45, 2.75) is 6.92 Å². The average Bonchev–Trinajstić information content (AvgIpc) is 1.96. The number of rotatable bonds is 2. The van der Waals surface area contributed by atoms with Gasteiger partial charge in [0.2, 0.25) is 10.9 Å². The van der Waals surface area contributed by atoms with Crippen molar-refractivity contribution in [3.63, 3.8) is 0 Å². The molecule has 0 radical (unpaired) electrons. The Kier molecular flexibility index (Phi) is 2.54. The van der Waals surface area contributed by atoms with Crippen LogP contribution in [-0.2, 0) is 10.9 Å². The lowest BCUT2D eigenvalue weighted by Gasteiger charge is -2.03. The zero-order chi connectivity index (χ0) is 9.14. The Morgan fingerprint density at radius 1 is 1.42 bits per heavy atom. The largest absolute Gasteiger partial charge is 0.399 e. The molecule has 1 aromatic carbocycles. The lowest BCUT2D eigenvalue weighted by Crippen LogP contribution is -1.98. The van der Waals surface area contributed by atoms with Crippen LogP contribution >= 0.6 is 0 Å². The molecule has 0 spiro atoms. The second kappa shape index (κ2) is 3.44. The number of benzene rings is 1. The number of nitrogens with two attached hydrogens (primary N) is 1. The molecule has 0 aromatic heterocycles. The highest BCUT2D eigenvalue weighted by Crippen LogP contribution is 2.17. The Labute approximate surface area is 72.5 Å². The average molecular weight is 186 g/mol. The van der Waals surface area contributed by atoms with Crippen molar-refractivity contribution in [2.24, 2.45) is 0 Å². The van der Waals surface area contributed by atoms with Gasteiger partial charge in [0.1, 0.15) is 0 Å². The molecule has 0 aliphatic carbocycles. The van der Waals surface area contributed by atoms with Crippen molar-refractivity contribution in [3.8, 4) is 0 Å². The van der Waals surface area contributed by atoms with E-state index in [9.17, 15) is 8.42 Å². The van der Waals surface area contributed by atoms with E-state index >= 15 is 0 Å². The fourth-order valence-corrected chi connectivity index (χ4v) is 1.30. The quantitative estimate of drug-likeness (QED) is 0.465. The van der Waals surface area contributed by atoms with Gasteiger partial charge in [-0.1, -0.05) is 6.07 Å². The molecule has 0 amide bonds. The van der Waals surface area contributed by atoms with E-state index in [4.69, 9.17) is 5.73 Å². The highest BCUT2D eigenvalue weighted by Gasteiger charge is 1.97. The molecule has 5 heteroatoms. The van der Waals surface area contributed by atoms with E-state index in [1.807, 2.05) is 0 Å². The number of aryl methyl sites for hydroxylation is 1. The summed E-state index contributed by atoms with van der Waals surface area (Å²) in [6, 6.07) is 5.06. The fraction of sp³-hybridized carbons (Fsp3) is 0.143. The molecule has 3 N–H and O–H groups in total. The van der Waals surface area contributed by atoms with E-state index in [1.165, 1.54) is 0 Å². The van der Waals surface area contributed by atoms with Crippen LogP contribution in [0.15, 0.2) is 18.2 Å². The van der Waals surface area contributed by atoms with E-state index in [0.717, 1.165) is 5.56 Å². The molecule has 0 fully saturated rings. The van der Waals surface area contributed by atoms with E-state index in [-0.39, 0.29) is 0 Å². The van der Waals surface area contributed by atoms with Crippen molar-refractivity contribution in [1.29, 1.82) is 0 Å². The smallest absolute Gasteiger partial charge is 0.222 e. The summed E-state index contributed by atoms with van der Waals surface area (Å²) in [6.45, 7) is 1.81. The zero-order valence-electron chi connectivity index (χ0n) is 6.57. The van der Waals surface area contributed by atoms with Crippen LogP contribution in [0.4, 0.5) is 11.4 Å². The van der Waals surface area contributed by atoms with Crippen LogP contribution in [0.5, 0.6) is 0 Å². The molecule has 66 valence electrons. The molecular weight excluding hydrogens is 176 g/mol. The summed E-state index contributed by atoms with van der Waals surface area (Å²) in [4.78, 5) is 0. The first-order valence-corrected chi connectivity index (χ1v) is 4.54. The Morgan fingerprint density at radius 3 is 2.67 bits per heavy atom. The van der Waals surface area contributed by atoms with Gasteiger partial charge in [0.25, 0.3) is 0 Å². The van der Waals surface area contributed by atoms with Crippen molar-refractivity contribution < 1.29 is 8.42 Å². The van der Waals surface area contributed by atoms with Crippen LogP contribution in [0.25, 0.3) is 0 Å². The maximum atomic E-state index is 10.3. The van der Waals surface area contributed by atoms with E-state index in [1.54, 1.807) is 25.1 Å². The zero-order valence-corrected chi connectivity index (χ0v) is 7.47. The number of hydrogen-bond acceptors (Lipinski definition) is 3. The summed E-state index contributed by atoms with van der Waals surface area (Å²) in [5.74, 6) is 0. The van der Waals surface area contributed by atoms with Gasteiger partial charge < -0.3 is 5.73 Å². The maximum Gasteiger partial charge on any atom is 0.222 e. The molecule has 12 heavy (non-hydrogen) atoms. The topological polar surface area (TPSA) is 72.2 Å². The first-order valence-electron chi connectivity index (χ1n) is 3.37. The molecule has 0 aliphatic heterocycles. The lowest BCUT2D eigenvalue weighted by atomic mass is 10.2. The maximum absolute atomic E-state index is 10.3. The predicted molar refractivity (Wildman–Crippen MR) is 49.5 cm³/mol. The molecule has 0 saturated heterocycles. The van der Waals surface area contributed by atoms with Gasteiger partial charge in [-0.3, -0.25) is 4.72 Å². The normalized spacial score (nSPS) is 10.2. The monoisotopic (exact) mass is 186 g/mol. The SMILES string of the molecule is Cc1ccc(N)cc1N[SH](=O)=O. The fourth-order valence-electron chi connectivity index (χ4n) is 0.858. The number of anilines is 2. The number of thiol groups is 1. The molecule has 0 bridgehead atoms. The number of nitrogens with one attached hydrogen (secondary N) is 1. The first-order chi connectivity index (χ1) is 5.59. The third kappa shape index (κ3) is 2.13. The van der Waals surface area contributed by atoms with Gasteiger partial charge in [-0.25, -0.2) is 8.42 Å². The van der Waals surface area contributed by atoms with Crippen LogP contribution in [0, 0.1) is 6.92 Å². The number of hydrogen-bond donors (Lipinski definition) is 3. The highest BCUT2D eigenvalue weighted by atomic mass is 32.2. The molecule has 1 aromatic rings. The summed E-state index contributed by atoms with van der Waals surface area (Å²) in [6.07, 6.45) is 0. The van der Waals surface area contributed by atoms with Crippen molar-refractivity contribution in [2.75, 3.05) is 10.5 Å². The van der Waals surface area contributed by atoms with Crippen LogP contribution in [-0.4, -0.2) is 8.42 Å². The van der Waals surface area contributed by atoms with Gasteiger partial charge in [-0.2, -0.15) is 0 Å². The van der Waals surface area contributed by atoms with Gasteiger partial charge in [0.05, 0.1) is 5.69 Å². The van der Waals surface area contributed by atoms with Crippen LogP contribution < -0.4 is 10.5 Å². The van der Waals surface area contributed by atoms with Gasteiger partial charge in [-0.15, -0.1) is 0 Å². The lowest BCUT2D eigenvalue weighted by molar-refractivity contribution is 0.619. The number of nitrogen functional groups attached to an aromatic ring is 1. The molecule has 1 rings (SSSR count). The molecular formula is C7H10N2O2S. The van der Waals surface area contributed by atoms with Gasteiger partial charge in [-0.05, 0) is 24.6 Å². The minimum absolute atomic E-state index is 0.533. The molecule has 0 unspecified atom stereocenters. The molecule has 4 nitrogen and oxygen atoms in total. The van der Waals surface area contributed by atoms with Gasteiger partial charge >= 0.3 is 0 Å². The molecule has 0 atom stereocenters. The van der Waals surface area contributed by atoms with Crippen molar-refractivity contribution in [3.05, 3.63) is 23.8 Å². The van der Waals surface area contributed by atoms with Crippen molar-refractivity contribution >= 4 is 22.3 Å².